The molecular formula is C30H30ClF3N4O4. The summed E-state index contributed by atoms with van der Waals surface area (Å²) in [5.41, 5.74) is 1.09. The Morgan fingerprint density at radius 3 is 2.43 bits per heavy atom. The molecule has 2 aromatic carbocycles. The van der Waals surface area contributed by atoms with Gasteiger partial charge in [0.1, 0.15) is 0 Å². The monoisotopic (exact) mass is 602 g/mol. The summed E-state index contributed by atoms with van der Waals surface area (Å²) in [5.74, 6) is -0.627. The molecule has 1 aliphatic carbocycles. The van der Waals surface area contributed by atoms with Crippen molar-refractivity contribution in [3.63, 3.8) is 0 Å². The van der Waals surface area contributed by atoms with E-state index in [9.17, 15) is 27.6 Å². The molecule has 1 saturated carbocycles. The minimum atomic E-state index is -4.72. The van der Waals surface area contributed by atoms with Crippen LogP contribution in [0.5, 0.6) is 0 Å². The standard InChI is InChI=1S/C30H30ClF3N4O4/c1-15(2)35-29-36-24-14-37(26(39)18-7-9-23(31)22(13-18)30(32,33)34)16(3)11-21(24)27(40)38(29)25-10-8-19(28(41)42-4)12-20(25)17-5-6-17/h7-10,12-13,15-17H,5-6,11,14H2,1-4H3,(H,35,36)/t16-/m1/s1. The van der Waals surface area contributed by atoms with Crippen molar-refractivity contribution < 1.29 is 27.5 Å². The molecule has 222 valence electrons. The number of benzene rings is 2. The third-order valence-electron chi connectivity index (χ3n) is 7.52. The number of ether oxygens (including phenoxy) is 1. The highest BCUT2D eigenvalue weighted by Crippen LogP contribution is 2.43. The highest BCUT2D eigenvalue weighted by Gasteiger charge is 2.37. The molecule has 8 nitrogen and oxygen atoms in total. The molecule has 2 heterocycles. The molecule has 2 aliphatic rings. The number of esters is 1. The molecule has 0 radical (unpaired) electrons. The largest absolute Gasteiger partial charge is 0.465 e. The van der Waals surface area contributed by atoms with Gasteiger partial charge >= 0.3 is 12.1 Å². The first kappa shape index (κ1) is 29.6. The van der Waals surface area contributed by atoms with E-state index in [1.807, 2.05) is 13.8 Å². The van der Waals surface area contributed by atoms with Crippen LogP contribution < -0.4 is 10.9 Å². The van der Waals surface area contributed by atoms with E-state index in [0.29, 0.717) is 22.5 Å². The number of nitrogens with one attached hydrogen (secondary N) is 1. The van der Waals surface area contributed by atoms with Crippen molar-refractivity contribution in [2.24, 2.45) is 0 Å². The number of hydrogen-bond acceptors (Lipinski definition) is 6. The van der Waals surface area contributed by atoms with Crippen molar-refractivity contribution in [1.82, 2.24) is 14.5 Å². The summed E-state index contributed by atoms with van der Waals surface area (Å²) in [7, 11) is 1.31. The minimum absolute atomic E-state index is 0.0566. The number of fused-ring (bicyclic) bond motifs is 1. The number of hydrogen-bond donors (Lipinski definition) is 1. The SMILES string of the molecule is COC(=O)c1ccc(-n2c(NC(C)C)nc3c(c2=O)C[C@@H](C)N(C(=O)c2ccc(Cl)c(C(F)(F)F)c2)C3)c(C2CC2)c1. The van der Waals surface area contributed by atoms with Gasteiger partial charge in [0.2, 0.25) is 5.95 Å². The lowest BCUT2D eigenvalue weighted by molar-refractivity contribution is -0.137. The Hall–Kier alpha value is -3.86. The Morgan fingerprint density at radius 1 is 1.12 bits per heavy atom. The first-order valence-electron chi connectivity index (χ1n) is 13.6. The van der Waals surface area contributed by atoms with Gasteiger partial charge in [-0.25, -0.2) is 14.3 Å². The Kier molecular flexibility index (Phi) is 7.82. The number of anilines is 1. The highest BCUT2D eigenvalue weighted by molar-refractivity contribution is 6.31. The number of methoxy groups -OCH3 is 1. The molecule has 1 N–H and O–H groups in total. The second-order valence-electron chi connectivity index (χ2n) is 11.0. The zero-order chi connectivity index (χ0) is 30.5. The first-order valence-corrected chi connectivity index (χ1v) is 14.0. The molecule has 1 aliphatic heterocycles. The van der Waals surface area contributed by atoms with Gasteiger partial charge in [-0.15, -0.1) is 0 Å². The summed E-state index contributed by atoms with van der Waals surface area (Å²) >= 11 is 5.75. The summed E-state index contributed by atoms with van der Waals surface area (Å²) in [5, 5.41) is 2.74. The lowest BCUT2D eigenvalue weighted by atomic mass is 9.97. The molecule has 12 heteroatoms. The van der Waals surface area contributed by atoms with Crippen molar-refractivity contribution in [3.05, 3.63) is 85.3 Å². The van der Waals surface area contributed by atoms with Gasteiger partial charge in [0.05, 0.1) is 41.2 Å². The van der Waals surface area contributed by atoms with Crippen LogP contribution in [0, 0.1) is 0 Å². The second-order valence-corrected chi connectivity index (χ2v) is 11.4. The van der Waals surface area contributed by atoms with Gasteiger partial charge in [-0.1, -0.05) is 11.6 Å². The van der Waals surface area contributed by atoms with Crippen LogP contribution in [0.25, 0.3) is 5.69 Å². The minimum Gasteiger partial charge on any atom is -0.465 e. The molecule has 5 rings (SSSR count). The van der Waals surface area contributed by atoms with Gasteiger partial charge in [0, 0.05) is 23.2 Å². The maximum absolute atomic E-state index is 14.1. The predicted octanol–water partition coefficient (Wildman–Crippen LogP) is 5.98. The maximum atomic E-state index is 14.1. The second kappa shape index (κ2) is 11.1. The lowest BCUT2D eigenvalue weighted by Gasteiger charge is -2.35. The number of nitrogens with zero attached hydrogens (tertiary/aromatic N) is 3. The topological polar surface area (TPSA) is 93.5 Å². The fourth-order valence-corrected chi connectivity index (χ4v) is 5.50. The zero-order valence-electron chi connectivity index (χ0n) is 23.5. The Labute approximate surface area is 245 Å². The molecule has 1 amide bonds. The molecule has 0 bridgehead atoms. The fourth-order valence-electron chi connectivity index (χ4n) is 5.27. The van der Waals surface area contributed by atoms with Crippen molar-refractivity contribution in [2.45, 2.75) is 70.8 Å². The number of alkyl halides is 3. The van der Waals surface area contributed by atoms with Crippen molar-refractivity contribution >= 4 is 29.4 Å². The molecule has 3 aromatic rings. The average molecular weight is 603 g/mol. The third-order valence-corrected chi connectivity index (χ3v) is 7.85. The van der Waals surface area contributed by atoms with Crippen LogP contribution in [0.4, 0.5) is 19.1 Å². The summed E-state index contributed by atoms with van der Waals surface area (Å²) in [4.78, 5) is 46.0. The van der Waals surface area contributed by atoms with Crippen molar-refractivity contribution in [2.75, 3.05) is 12.4 Å². The molecule has 42 heavy (non-hydrogen) atoms. The Balaban J connectivity index is 1.58. The average Bonchev–Trinajstić information content (AvgIpc) is 3.77. The molecule has 1 atom stereocenters. The maximum Gasteiger partial charge on any atom is 0.417 e. The van der Waals surface area contributed by atoms with Gasteiger partial charge in [-0.2, -0.15) is 13.2 Å². The van der Waals surface area contributed by atoms with Gasteiger partial charge in [0.25, 0.3) is 11.5 Å². The molecule has 1 aromatic heterocycles. The van der Waals surface area contributed by atoms with E-state index in [0.717, 1.165) is 30.5 Å². The number of carbonyl (C=O) groups is 2. The molecular weight excluding hydrogens is 573 g/mol. The van der Waals surface area contributed by atoms with Crippen LogP contribution in [-0.2, 0) is 23.9 Å². The number of amides is 1. The predicted molar refractivity (Wildman–Crippen MR) is 151 cm³/mol. The Bertz CT molecular complexity index is 1630. The lowest BCUT2D eigenvalue weighted by Crippen LogP contribution is -2.46. The molecule has 0 spiro atoms. The summed E-state index contributed by atoms with van der Waals surface area (Å²) in [6.45, 7) is 5.48. The van der Waals surface area contributed by atoms with Crippen molar-refractivity contribution in [3.8, 4) is 5.69 Å². The Morgan fingerprint density at radius 2 is 1.81 bits per heavy atom. The van der Waals surface area contributed by atoms with Crippen LogP contribution in [0.3, 0.4) is 0 Å². The number of aromatic nitrogens is 2. The number of carbonyl (C=O) groups excluding carboxylic acids is 2. The third kappa shape index (κ3) is 5.62. The fraction of sp³-hybridized carbons (Fsp3) is 0.400. The molecule has 0 saturated heterocycles. The van der Waals surface area contributed by atoms with Crippen LogP contribution in [-0.4, -0.2) is 45.5 Å². The van der Waals surface area contributed by atoms with Crippen LogP contribution in [0.2, 0.25) is 5.02 Å². The van der Waals surface area contributed by atoms with Crippen LogP contribution >= 0.6 is 11.6 Å². The van der Waals surface area contributed by atoms with Gasteiger partial charge < -0.3 is 15.0 Å². The van der Waals surface area contributed by atoms with Crippen LogP contribution in [0.1, 0.15) is 82.6 Å². The normalized spacial score (nSPS) is 16.8. The smallest absolute Gasteiger partial charge is 0.417 e. The van der Waals surface area contributed by atoms with Crippen molar-refractivity contribution in [1.29, 1.82) is 0 Å². The van der Waals surface area contributed by atoms with E-state index in [1.165, 1.54) is 22.6 Å². The molecule has 1 fully saturated rings. The van der Waals surface area contributed by atoms with E-state index in [-0.39, 0.29) is 42.0 Å². The van der Waals surface area contributed by atoms with Gasteiger partial charge in [0.15, 0.2) is 0 Å². The summed E-state index contributed by atoms with van der Waals surface area (Å²) in [6.07, 6.45) is -2.71. The van der Waals surface area contributed by atoms with Gasteiger partial charge in [-0.05, 0) is 87.9 Å². The zero-order valence-corrected chi connectivity index (χ0v) is 24.3. The van der Waals surface area contributed by atoms with Crippen LogP contribution in [0.15, 0.2) is 41.2 Å². The van der Waals surface area contributed by atoms with E-state index in [4.69, 9.17) is 21.3 Å². The van der Waals surface area contributed by atoms with E-state index in [2.05, 4.69) is 5.32 Å². The number of halogens is 4. The molecule has 0 unspecified atom stereocenters. The van der Waals surface area contributed by atoms with E-state index >= 15 is 0 Å². The summed E-state index contributed by atoms with van der Waals surface area (Å²) < 4.78 is 46.8. The van der Waals surface area contributed by atoms with E-state index in [1.54, 1.807) is 25.1 Å². The highest BCUT2D eigenvalue weighted by atomic mass is 35.5. The number of rotatable bonds is 6. The first-order chi connectivity index (χ1) is 19.8. The van der Waals surface area contributed by atoms with Gasteiger partial charge in [-0.3, -0.25) is 9.59 Å². The summed E-state index contributed by atoms with van der Waals surface area (Å²) in [6, 6.07) is 7.57. The quantitative estimate of drug-likeness (QED) is 0.349. The van der Waals surface area contributed by atoms with E-state index < -0.39 is 34.7 Å².